The van der Waals surface area contributed by atoms with Gasteiger partial charge in [0.1, 0.15) is 19.0 Å². The summed E-state index contributed by atoms with van der Waals surface area (Å²) in [5, 5.41) is 3.65. The fraction of sp³-hybridized carbons (Fsp3) is 0.250. The van der Waals surface area contributed by atoms with E-state index in [1.165, 1.54) is 5.56 Å². The van der Waals surface area contributed by atoms with E-state index in [1.807, 2.05) is 56.4 Å². The van der Waals surface area contributed by atoms with Crippen LogP contribution in [0.1, 0.15) is 12.5 Å². The highest BCUT2D eigenvalue weighted by atomic mass is 35.5. The molecule has 3 aromatic rings. The van der Waals surface area contributed by atoms with Crippen LogP contribution < -0.4 is 19.5 Å². The summed E-state index contributed by atoms with van der Waals surface area (Å²) in [5.74, 6) is 2.00. The Morgan fingerprint density at radius 3 is 2.21 bits per heavy atom. The molecule has 3 rings (SSSR count). The van der Waals surface area contributed by atoms with Gasteiger partial charge in [-0.15, -0.1) is 0 Å². The van der Waals surface area contributed by atoms with Crippen LogP contribution in [-0.2, 0) is 6.54 Å². The number of benzene rings is 3. The summed E-state index contributed by atoms with van der Waals surface area (Å²) in [5.41, 5.74) is 3.38. The molecule has 0 aliphatic rings. The SMILES string of the molecule is CCOc1cc(CNC)cc(Cl)c1OCCOc1ccc(-c2ccccc2)cc1. The van der Waals surface area contributed by atoms with Crippen LogP contribution in [0.25, 0.3) is 11.1 Å². The molecule has 0 fully saturated rings. The normalized spacial score (nSPS) is 10.6. The molecule has 4 nitrogen and oxygen atoms in total. The Morgan fingerprint density at radius 1 is 0.828 bits per heavy atom. The lowest BCUT2D eigenvalue weighted by atomic mass is 10.1. The van der Waals surface area contributed by atoms with Gasteiger partial charge in [-0.2, -0.15) is 0 Å². The van der Waals surface area contributed by atoms with Crippen molar-refractivity contribution in [1.29, 1.82) is 0 Å². The van der Waals surface area contributed by atoms with Crippen LogP contribution in [0.2, 0.25) is 5.02 Å². The first kappa shape index (κ1) is 21.0. The molecule has 3 aromatic carbocycles. The van der Waals surface area contributed by atoms with Crippen molar-refractivity contribution in [1.82, 2.24) is 5.32 Å². The Balaban J connectivity index is 1.56. The van der Waals surface area contributed by atoms with Gasteiger partial charge in [-0.25, -0.2) is 0 Å². The van der Waals surface area contributed by atoms with Gasteiger partial charge in [0.2, 0.25) is 0 Å². The molecule has 0 bridgehead atoms. The second kappa shape index (κ2) is 10.7. The quantitative estimate of drug-likeness (QED) is 0.442. The monoisotopic (exact) mass is 411 g/mol. The molecule has 0 spiro atoms. The predicted molar refractivity (Wildman–Crippen MR) is 118 cm³/mol. The maximum absolute atomic E-state index is 6.40. The number of hydrogen-bond donors (Lipinski definition) is 1. The van der Waals surface area contributed by atoms with E-state index in [-0.39, 0.29) is 0 Å². The fourth-order valence-electron chi connectivity index (χ4n) is 3.01. The number of rotatable bonds is 10. The van der Waals surface area contributed by atoms with Crippen LogP contribution in [0, 0.1) is 0 Å². The van der Waals surface area contributed by atoms with Crippen molar-refractivity contribution in [3.63, 3.8) is 0 Å². The van der Waals surface area contributed by atoms with E-state index in [0.717, 1.165) is 16.9 Å². The first-order chi connectivity index (χ1) is 14.2. The van der Waals surface area contributed by atoms with E-state index in [2.05, 4.69) is 29.6 Å². The highest BCUT2D eigenvalue weighted by Gasteiger charge is 2.12. The summed E-state index contributed by atoms with van der Waals surface area (Å²) in [6.45, 7) is 3.96. The zero-order valence-electron chi connectivity index (χ0n) is 16.8. The van der Waals surface area contributed by atoms with Gasteiger partial charge < -0.3 is 19.5 Å². The van der Waals surface area contributed by atoms with Gasteiger partial charge >= 0.3 is 0 Å². The van der Waals surface area contributed by atoms with Crippen LogP contribution >= 0.6 is 11.6 Å². The van der Waals surface area contributed by atoms with Crippen LogP contribution in [0.4, 0.5) is 0 Å². The number of hydrogen-bond acceptors (Lipinski definition) is 4. The molecule has 0 unspecified atom stereocenters. The molecule has 1 N–H and O–H groups in total. The molecule has 152 valence electrons. The van der Waals surface area contributed by atoms with Crippen LogP contribution in [0.5, 0.6) is 17.2 Å². The van der Waals surface area contributed by atoms with E-state index in [1.54, 1.807) is 0 Å². The summed E-state index contributed by atoms with van der Waals surface area (Å²) in [7, 11) is 1.89. The molecule has 0 saturated carbocycles. The second-order valence-electron chi connectivity index (χ2n) is 6.46. The maximum atomic E-state index is 6.40. The Bertz CT molecular complexity index is 898. The summed E-state index contributed by atoms with van der Waals surface area (Å²) in [6, 6.07) is 22.1. The molecule has 0 atom stereocenters. The largest absolute Gasteiger partial charge is 0.490 e. The maximum Gasteiger partial charge on any atom is 0.179 e. The van der Waals surface area contributed by atoms with Crippen molar-refractivity contribution in [3.8, 4) is 28.4 Å². The molecular formula is C24H26ClNO3. The van der Waals surface area contributed by atoms with Gasteiger partial charge in [0.05, 0.1) is 11.6 Å². The minimum Gasteiger partial charge on any atom is -0.490 e. The van der Waals surface area contributed by atoms with Crippen LogP contribution in [0.15, 0.2) is 66.7 Å². The Labute approximate surface area is 177 Å². The molecule has 0 aromatic heterocycles. The van der Waals surface area contributed by atoms with Gasteiger partial charge in [0, 0.05) is 6.54 Å². The Morgan fingerprint density at radius 2 is 1.52 bits per heavy atom. The van der Waals surface area contributed by atoms with Crippen molar-refractivity contribution >= 4 is 11.6 Å². The fourth-order valence-corrected chi connectivity index (χ4v) is 3.30. The lowest BCUT2D eigenvalue weighted by molar-refractivity contribution is 0.208. The van der Waals surface area contributed by atoms with E-state index >= 15 is 0 Å². The average Bonchev–Trinajstić information content (AvgIpc) is 2.74. The lowest BCUT2D eigenvalue weighted by Gasteiger charge is -2.15. The van der Waals surface area contributed by atoms with Gasteiger partial charge in [0.15, 0.2) is 11.5 Å². The highest BCUT2D eigenvalue weighted by molar-refractivity contribution is 6.32. The van der Waals surface area contributed by atoms with Crippen molar-refractivity contribution in [2.45, 2.75) is 13.5 Å². The lowest BCUT2D eigenvalue weighted by Crippen LogP contribution is -2.11. The average molecular weight is 412 g/mol. The Kier molecular flexibility index (Phi) is 7.79. The zero-order chi connectivity index (χ0) is 20.5. The minimum absolute atomic E-state index is 0.367. The summed E-state index contributed by atoms with van der Waals surface area (Å²) >= 11 is 6.40. The van der Waals surface area contributed by atoms with Crippen LogP contribution in [0.3, 0.4) is 0 Å². The standard InChI is InChI=1S/C24H26ClNO3/c1-3-27-23-16-18(17-26-2)15-22(25)24(23)29-14-13-28-21-11-9-20(10-12-21)19-7-5-4-6-8-19/h4-12,15-16,26H,3,13-14,17H2,1-2H3. The zero-order valence-corrected chi connectivity index (χ0v) is 17.5. The highest BCUT2D eigenvalue weighted by Crippen LogP contribution is 2.36. The van der Waals surface area contributed by atoms with Crippen molar-refractivity contribution < 1.29 is 14.2 Å². The van der Waals surface area contributed by atoms with Gasteiger partial charge in [-0.3, -0.25) is 0 Å². The van der Waals surface area contributed by atoms with Crippen LogP contribution in [-0.4, -0.2) is 26.9 Å². The predicted octanol–water partition coefficient (Wildman–Crippen LogP) is 5.58. The molecule has 0 heterocycles. The number of nitrogens with one attached hydrogen (secondary N) is 1. The Hall–Kier alpha value is -2.69. The van der Waals surface area contributed by atoms with Gasteiger partial charge in [0.25, 0.3) is 0 Å². The van der Waals surface area contributed by atoms with E-state index in [4.69, 9.17) is 25.8 Å². The molecule has 0 aliphatic heterocycles. The van der Waals surface area contributed by atoms with Crippen molar-refractivity contribution in [3.05, 3.63) is 77.3 Å². The third-order valence-electron chi connectivity index (χ3n) is 4.31. The topological polar surface area (TPSA) is 39.7 Å². The summed E-state index contributed by atoms with van der Waals surface area (Å²) in [4.78, 5) is 0. The summed E-state index contributed by atoms with van der Waals surface area (Å²) in [6.07, 6.45) is 0. The molecule has 0 saturated heterocycles. The molecule has 0 radical (unpaired) electrons. The third kappa shape index (κ3) is 5.89. The second-order valence-corrected chi connectivity index (χ2v) is 6.86. The number of ether oxygens (including phenoxy) is 3. The first-order valence-electron chi connectivity index (χ1n) is 9.72. The molecule has 29 heavy (non-hydrogen) atoms. The van der Waals surface area contributed by atoms with Gasteiger partial charge in [-0.1, -0.05) is 54.1 Å². The summed E-state index contributed by atoms with van der Waals surface area (Å²) < 4.78 is 17.4. The van der Waals surface area contributed by atoms with Gasteiger partial charge in [-0.05, 0) is 54.9 Å². The van der Waals surface area contributed by atoms with E-state index in [9.17, 15) is 0 Å². The van der Waals surface area contributed by atoms with Crippen molar-refractivity contribution in [2.75, 3.05) is 26.9 Å². The van der Waals surface area contributed by atoms with E-state index < -0.39 is 0 Å². The number of halogens is 1. The van der Waals surface area contributed by atoms with E-state index in [0.29, 0.717) is 42.9 Å². The van der Waals surface area contributed by atoms with Crippen molar-refractivity contribution in [2.24, 2.45) is 0 Å². The molecular weight excluding hydrogens is 386 g/mol. The molecule has 0 aliphatic carbocycles. The molecule has 5 heteroatoms. The first-order valence-corrected chi connectivity index (χ1v) is 10.1. The molecule has 0 amide bonds. The smallest absolute Gasteiger partial charge is 0.179 e. The third-order valence-corrected chi connectivity index (χ3v) is 4.59. The minimum atomic E-state index is 0.367.